The Morgan fingerprint density at radius 2 is 2.05 bits per heavy atom. The number of hydrogen-bond donors (Lipinski definition) is 3. The first-order chi connectivity index (χ1) is 10.2. The maximum atomic E-state index is 11.8. The molecule has 0 spiro atoms. The van der Waals surface area contributed by atoms with Gasteiger partial charge in [0, 0.05) is 19.3 Å². The van der Waals surface area contributed by atoms with Gasteiger partial charge in [0.05, 0.1) is 0 Å². The molecule has 1 fully saturated rings. The van der Waals surface area contributed by atoms with E-state index in [9.17, 15) is 4.79 Å². The summed E-state index contributed by atoms with van der Waals surface area (Å²) in [6.07, 6.45) is 6.95. The lowest BCUT2D eigenvalue weighted by Gasteiger charge is -2.10. The molecule has 1 saturated carbocycles. The molecule has 1 aliphatic rings. The Kier molecular flexibility index (Phi) is 5.81. The average Bonchev–Trinajstić information content (AvgIpc) is 3.05. The Hall–Kier alpha value is -1.81. The van der Waals surface area contributed by atoms with Crippen molar-refractivity contribution < 1.29 is 4.79 Å². The topological polar surface area (TPSA) is 67.2 Å². The van der Waals surface area contributed by atoms with Gasteiger partial charge in [0.1, 0.15) is 0 Å². The fourth-order valence-corrected chi connectivity index (χ4v) is 2.78. The Bertz CT molecular complexity index is 505. The number of benzene rings is 1. The second kappa shape index (κ2) is 7.84. The van der Waals surface area contributed by atoms with Crippen LogP contribution < -0.4 is 16.4 Å². The van der Waals surface area contributed by atoms with Gasteiger partial charge in [0.15, 0.2) is 0 Å². The molecule has 0 saturated heterocycles. The summed E-state index contributed by atoms with van der Waals surface area (Å²) in [4.78, 5) is 11.8. The molecule has 0 aliphatic heterocycles. The number of nitrogens with one attached hydrogen (secondary N) is 2. The van der Waals surface area contributed by atoms with E-state index in [0.717, 1.165) is 11.1 Å². The lowest BCUT2D eigenvalue weighted by Crippen LogP contribution is -2.32. The van der Waals surface area contributed by atoms with Gasteiger partial charge in [-0.3, -0.25) is 0 Å². The third kappa shape index (κ3) is 4.90. The predicted molar refractivity (Wildman–Crippen MR) is 85.4 cm³/mol. The Labute approximate surface area is 126 Å². The minimum absolute atomic E-state index is 0.162. The van der Waals surface area contributed by atoms with Crippen LogP contribution in [0.5, 0.6) is 0 Å². The number of allylic oxidation sites excluding steroid dienone is 1. The molecule has 1 aromatic carbocycles. The smallest absolute Gasteiger partial charge is 0.319 e. The van der Waals surface area contributed by atoms with Crippen LogP contribution >= 0.6 is 0 Å². The summed E-state index contributed by atoms with van der Waals surface area (Å²) in [7, 11) is 0. The lowest BCUT2D eigenvalue weighted by molar-refractivity contribution is 0.243. The van der Waals surface area contributed by atoms with E-state index < -0.39 is 0 Å². The van der Waals surface area contributed by atoms with Gasteiger partial charge in [-0.1, -0.05) is 42.7 Å². The molecule has 4 N–H and O–H groups in total. The minimum atomic E-state index is -0.162. The fraction of sp³-hybridized carbons (Fsp3) is 0.471. The van der Waals surface area contributed by atoms with Gasteiger partial charge in [-0.15, -0.1) is 0 Å². The fourth-order valence-electron chi connectivity index (χ4n) is 2.78. The molecule has 0 heterocycles. The average molecular weight is 287 g/mol. The molecule has 2 rings (SSSR count). The van der Waals surface area contributed by atoms with Crippen LogP contribution in [-0.2, 0) is 13.1 Å². The maximum Gasteiger partial charge on any atom is 0.319 e. The largest absolute Gasteiger partial charge is 0.334 e. The molecule has 0 aromatic heterocycles. The molecule has 21 heavy (non-hydrogen) atoms. The molecule has 0 unspecified atom stereocenters. The van der Waals surface area contributed by atoms with E-state index in [2.05, 4.69) is 17.6 Å². The minimum Gasteiger partial charge on any atom is -0.334 e. The number of nitrogens with two attached hydrogens (primary N) is 1. The molecular weight excluding hydrogens is 262 g/mol. The number of carbonyl (C=O) groups is 1. The summed E-state index contributed by atoms with van der Waals surface area (Å²) in [5, 5.41) is 5.68. The van der Waals surface area contributed by atoms with Gasteiger partial charge in [-0.05, 0) is 36.8 Å². The molecule has 114 valence electrons. The van der Waals surface area contributed by atoms with E-state index in [1.807, 2.05) is 30.5 Å². The van der Waals surface area contributed by atoms with Gasteiger partial charge in [0.25, 0.3) is 0 Å². The number of urea groups is 1. The van der Waals surface area contributed by atoms with Crippen molar-refractivity contribution >= 4 is 6.03 Å². The highest BCUT2D eigenvalue weighted by Crippen LogP contribution is 2.30. The molecular formula is C17H25N3O. The van der Waals surface area contributed by atoms with Crippen LogP contribution in [0.3, 0.4) is 0 Å². The maximum absolute atomic E-state index is 11.8. The monoisotopic (exact) mass is 287 g/mol. The number of carbonyl (C=O) groups excluding carboxylic acids is 1. The predicted octanol–water partition coefficient (Wildman–Crippen LogP) is 3.04. The van der Waals surface area contributed by atoms with E-state index in [4.69, 9.17) is 5.73 Å². The van der Waals surface area contributed by atoms with E-state index in [1.54, 1.807) is 0 Å². The number of amides is 2. The Balaban J connectivity index is 1.77. The van der Waals surface area contributed by atoms with Crippen LogP contribution in [0.15, 0.2) is 36.0 Å². The summed E-state index contributed by atoms with van der Waals surface area (Å²) in [6.45, 7) is 3.13. The van der Waals surface area contributed by atoms with Crippen molar-refractivity contribution in [1.29, 1.82) is 0 Å². The van der Waals surface area contributed by atoms with Crippen LogP contribution in [0, 0.1) is 5.92 Å². The quantitative estimate of drug-likeness (QED) is 0.779. The normalized spacial score (nSPS) is 16.0. The van der Waals surface area contributed by atoms with Gasteiger partial charge < -0.3 is 16.4 Å². The third-order valence-electron chi connectivity index (χ3n) is 4.11. The molecule has 0 bridgehead atoms. The van der Waals surface area contributed by atoms with Crippen molar-refractivity contribution in [3.63, 3.8) is 0 Å². The molecule has 4 heteroatoms. The standard InChI is InChI=1S/C17H25N3O/c1-13(16-7-2-3-8-16)11-19-17(21)20-12-15-6-4-5-14(9-15)10-18/h4-6,9,11,16H,2-3,7-8,10,12,18H2,1H3,(H2,19,20,21)/b13-11+. The molecule has 1 aliphatic carbocycles. The second-order valence-electron chi connectivity index (χ2n) is 5.72. The lowest BCUT2D eigenvalue weighted by atomic mass is 10.0. The first-order valence-electron chi connectivity index (χ1n) is 7.68. The highest BCUT2D eigenvalue weighted by Gasteiger charge is 2.16. The second-order valence-corrected chi connectivity index (χ2v) is 5.72. The van der Waals surface area contributed by atoms with E-state index in [1.165, 1.54) is 31.3 Å². The summed E-state index contributed by atoms with van der Waals surface area (Å²) in [5.41, 5.74) is 9.01. The highest BCUT2D eigenvalue weighted by atomic mass is 16.2. The summed E-state index contributed by atoms with van der Waals surface area (Å²) >= 11 is 0. The van der Waals surface area contributed by atoms with Crippen LogP contribution in [0.2, 0.25) is 0 Å². The molecule has 0 atom stereocenters. The third-order valence-corrected chi connectivity index (χ3v) is 4.11. The van der Waals surface area contributed by atoms with Crippen LogP contribution in [-0.4, -0.2) is 6.03 Å². The van der Waals surface area contributed by atoms with Crippen LogP contribution in [0.4, 0.5) is 4.79 Å². The van der Waals surface area contributed by atoms with E-state index >= 15 is 0 Å². The molecule has 0 radical (unpaired) electrons. The Morgan fingerprint density at radius 1 is 1.33 bits per heavy atom. The number of hydrogen-bond acceptors (Lipinski definition) is 2. The van der Waals surface area contributed by atoms with Crippen LogP contribution in [0.1, 0.15) is 43.7 Å². The highest BCUT2D eigenvalue weighted by molar-refractivity contribution is 5.74. The van der Waals surface area contributed by atoms with E-state index in [0.29, 0.717) is 19.0 Å². The van der Waals surface area contributed by atoms with Gasteiger partial charge >= 0.3 is 6.03 Å². The summed E-state index contributed by atoms with van der Waals surface area (Å²) in [5.74, 6) is 0.645. The van der Waals surface area contributed by atoms with Crippen molar-refractivity contribution in [3.05, 3.63) is 47.2 Å². The zero-order valence-corrected chi connectivity index (χ0v) is 12.7. The molecule has 2 amide bonds. The number of rotatable bonds is 5. The van der Waals surface area contributed by atoms with Crippen molar-refractivity contribution in [2.45, 2.75) is 45.7 Å². The van der Waals surface area contributed by atoms with Gasteiger partial charge in [-0.2, -0.15) is 0 Å². The van der Waals surface area contributed by atoms with Crippen molar-refractivity contribution in [2.24, 2.45) is 11.7 Å². The van der Waals surface area contributed by atoms with E-state index in [-0.39, 0.29) is 6.03 Å². The van der Waals surface area contributed by atoms with Gasteiger partial charge in [0.2, 0.25) is 0 Å². The zero-order chi connectivity index (χ0) is 15.1. The van der Waals surface area contributed by atoms with Crippen molar-refractivity contribution in [3.8, 4) is 0 Å². The van der Waals surface area contributed by atoms with Gasteiger partial charge in [-0.25, -0.2) is 4.79 Å². The summed E-state index contributed by atoms with van der Waals surface area (Å²) in [6, 6.07) is 7.78. The summed E-state index contributed by atoms with van der Waals surface area (Å²) < 4.78 is 0. The van der Waals surface area contributed by atoms with Crippen molar-refractivity contribution in [1.82, 2.24) is 10.6 Å². The Morgan fingerprint density at radius 3 is 2.76 bits per heavy atom. The van der Waals surface area contributed by atoms with Crippen LogP contribution in [0.25, 0.3) is 0 Å². The van der Waals surface area contributed by atoms with Crippen molar-refractivity contribution in [2.75, 3.05) is 0 Å². The SMILES string of the molecule is C/C(=C\NC(=O)NCc1cccc(CN)c1)C1CCCC1. The first kappa shape index (κ1) is 15.6. The molecule has 1 aromatic rings. The molecule has 4 nitrogen and oxygen atoms in total. The first-order valence-corrected chi connectivity index (χ1v) is 7.68. The zero-order valence-electron chi connectivity index (χ0n) is 12.7.